The molecule has 1 aliphatic rings. The van der Waals surface area contributed by atoms with Crippen molar-refractivity contribution in [1.82, 2.24) is 9.78 Å². The predicted octanol–water partition coefficient (Wildman–Crippen LogP) is 4.62. The van der Waals surface area contributed by atoms with Crippen molar-refractivity contribution in [2.75, 3.05) is 5.32 Å². The smallest absolute Gasteiger partial charge is 0.322 e. The average Bonchev–Trinajstić information content (AvgIpc) is 3.16. The maximum atomic E-state index is 13.5. The van der Waals surface area contributed by atoms with Gasteiger partial charge >= 0.3 is 5.38 Å². The van der Waals surface area contributed by atoms with Gasteiger partial charge in [-0.25, -0.2) is 0 Å². The second-order valence-electron chi connectivity index (χ2n) is 6.09. The fraction of sp³-hybridized carbons (Fsp3) is 0.412. The number of rotatable bonds is 4. The van der Waals surface area contributed by atoms with E-state index in [0.717, 1.165) is 35.9 Å². The van der Waals surface area contributed by atoms with Gasteiger partial charge in [0, 0.05) is 18.9 Å². The molecular formula is C17H18ClF2N3O. The van der Waals surface area contributed by atoms with Crippen molar-refractivity contribution in [3.8, 4) is 0 Å². The third-order valence-electron chi connectivity index (χ3n) is 4.35. The molecule has 1 aromatic carbocycles. The Morgan fingerprint density at radius 3 is 2.67 bits per heavy atom. The summed E-state index contributed by atoms with van der Waals surface area (Å²) in [6.07, 6.45) is 5.73. The molecule has 128 valence electrons. The first kappa shape index (κ1) is 16.9. The van der Waals surface area contributed by atoms with E-state index < -0.39 is 17.0 Å². The topological polar surface area (TPSA) is 46.9 Å². The lowest BCUT2D eigenvalue weighted by molar-refractivity contribution is 0.0849. The van der Waals surface area contributed by atoms with Crippen LogP contribution in [0.25, 0.3) is 0 Å². The van der Waals surface area contributed by atoms with E-state index in [1.165, 1.54) is 13.2 Å². The number of alkyl halides is 3. The molecule has 7 heteroatoms. The van der Waals surface area contributed by atoms with Crippen LogP contribution >= 0.6 is 11.6 Å². The van der Waals surface area contributed by atoms with Gasteiger partial charge in [-0.1, -0.05) is 31.0 Å². The zero-order chi connectivity index (χ0) is 17.3. The van der Waals surface area contributed by atoms with Gasteiger partial charge in [-0.3, -0.25) is 9.48 Å². The zero-order valence-corrected chi connectivity index (χ0v) is 14.0. The van der Waals surface area contributed by atoms with Crippen molar-refractivity contribution in [1.29, 1.82) is 0 Å². The number of aryl methyl sites for hydroxylation is 1. The SMILES string of the molecule is Cn1cc(C(=O)Nc2ccccc2C2CCCC2)c(C(F)(F)Cl)n1. The van der Waals surface area contributed by atoms with Crippen LogP contribution in [0.5, 0.6) is 0 Å². The summed E-state index contributed by atoms with van der Waals surface area (Å²) in [5, 5.41) is 2.67. The Kier molecular flexibility index (Phi) is 4.58. The van der Waals surface area contributed by atoms with Gasteiger partial charge in [0.1, 0.15) is 0 Å². The molecule has 0 aliphatic heterocycles. The van der Waals surface area contributed by atoms with Crippen molar-refractivity contribution >= 4 is 23.2 Å². The number of hydrogen-bond acceptors (Lipinski definition) is 2. The molecule has 0 atom stereocenters. The van der Waals surface area contributed by atoms with Gasteiger partial charge in [-0.2, -0.15) is 13.9 Å². The van der Waals surface area contributed by atoms with Crippen LogP contribution in [0.3, 0.4) is 0 Å². The number of aromatic nitrogens is 2. The molecule has 1 aromatic heterocycles. The summed E-state index contributed by atoms with van der Waals surface area (Å²) in [6, 6.07) is 7.51. The van der Waals surface area contributed by atoms with E-state index >= 15 is 0 Å². The highest BCUT2D eigenvalue weighted by molar-refractivity contribution is 6.22. The second kappa shape index (κ2) is 6.51. The molecule has 1 saturated carbocycles. The minimum Gasteiger partial charge on any atom is -0.322 e. The first-order chi connectivity index (χ1) is 11.4. The summed E-state index contributed by atoms with van der Waals surface area (Å²) in [5.74, 6) is -0.242. The monoisotopic (exact) mass is 353 g/mol. The summed E-state index contributed by atoms with van der Waals surface area (Å²) in [5.41, 5.74) is 0.745. The number of carbonyl (C=O) groups excluding carboxylic acids is 1. The number of halogens is 3. The lowest BCUT2D eigenvalue weighted by atomic mass is 9.96. The normalized spacial score (nSPS) is 15.7. The molecule has 0 unspecified atom stereocenters. The number of amides is 1. The van der Waals surface area contributed by atoms with Crippen molar-refractivity contribution in [3.05, 3.63) is 47.3 Å². The van der Waals surface area contributed by atoms with Crippen LogP contribution in [0.15, 0.2) is 30.5 Å². The van der Waals surface area contributed by atoms with Gasteiger partial charge in [0.15, 0.2) is 5.69 Å². The first-order valence-corrected chi connectivity index (χ1v) is 8.25. The number of nitrogens with one attached hydrogen (secondary N) is 1. The lowest BCUT2D eigenvalue weighted by Crippen LogP contribution is -2.18. The van der Waals surface area contributed by atoms with Crippen molar-refractivity contribution in [2.45, 2.75) is 37.0 Å². The Morgan fingerprint density at radius 2 is 2.00 bits per heavy atom. The molecule has 24 heavy (non-hydrogen) atoms. The molecule has 0 saturated heterocycles. The van der Waals surface area contributed by atoms with Gasteiger partial charge in [0.05, 0.1) is 5.56 Å². The van der Waals surface area contributed by atoms with E-state index in [1.54, 1.807) is 6.07 Å². The molecule has 1 N–H and O–H groups in total. The van der Waals surface area contributed by atoms with Crippen LogP contribution in [-0.2, 0) is 12.4 Å². The van der Waals surface area contributed by atoms with Crippen LogP contribution in [0, 0.1) is 0 Å². The van der Waals surface area contributed by atoms with Crippen molar-refractivity contribution < 1.29 is 13.6 Å². The number of benzene rings is 1. The molecular weight excluding hydrogens is 336 g/mol. The van der Waals surface area contributed by atoms with Crippen molar-refractivity contribution in [3.63, 3.8) is 0 Å². The van der Waals surface area contributed by atoms with E-state index in [-0.39, 0.29) is 5.56 Å². The number of nitrogens with zero attached hydrogens (tertiary/aromatic N) is 2. The summed E-state index contributed by atoms with van der Waals surface area (Å²) in [7, 11) is 1.47. The highest BCUT2D eigenvalue weighted by Crippen LogP contribution is 2.38. The fourth-order valence-corrected chi connectivity index (χ4v) is 3.40. The van der Waals surface area contributed by atoms with Gasteiger partial charge in [-0.15, -0.1) is 0 Å². The van der Waals surface area contributed by atoms with Crippen LogP contribution in [0.2, 0.25) is 0 Å². The molecule has 1 heterocycles. The fourth-order valence-electron chi connectivity index (χ4n) is 3.26. The molecule has 1 fully saturated rings. The minimum absolute atomic E-state index is 0.223. The van der Waals surface area contributed by atoms with E-state index in [1.807, 2.05) is 18.2 Å². The number of carbonyl (C=O) groups is 1. The number of para-hydroxylation sites is 1. The summed E-state index contributed by atoms with van der Waals surface area (Å²) in [6.45, 7) is 0. The Labute approximate surface area is 143 Å². The summed E-state index contributed by atoms with van der Waals surface area (Å²) >= 11 is 5.07. The van der Waals surface area contributed by atoms with Crippen LogP contribution < -0.4 is 5.32 Å². The third-order valence-corrected chi connectivity index (χ3v) is 4.52. The van der Waals surface area contributed by atoms with Gasteiger partial charge in [0.25, 0.3) is 5.91 Å². The second-order valence-corrected chi connectivity index (χ2v) is 6.56. The Bertz CT molecular complexity index is 749. The van der Waals surface area contributed by atoms with Crippen molar-refractivity contribution in [2.24, 2.45) is 7.05 Å². The highest BCUT2D eigenvalue weighted by atomic mass is 35.5. The average molecular weight is 354 g/mol. The highest BCUT2D eigenvalue weighted by Gasteiger charge is 2.36. The molecule has 0 radical (unpaired) electrons. The summed E-state index contributed by atoms with van der Waals surface area (Å²) in [4.78, 5) is 12.5. The number of hydrogen-bond donors (Lipinski definition) is 1. The van der Waals surface area contributed by atoms with E-state index in [9.17, 15) is 13.6 Å². The molecule has 3 rings (SSSR count). The molecule has 4 nitrogen and oxygen atoms in total. The molecule has 0 spiro atoms. The summed E-state index contributed by atoms with van der Waals surface area (Å²) < 4.78 is 28.1. The Balaban J connectivity index is 1.89. The third kappa shape index (κ3) is 3.43. The Morgan fingerprint density at radius 1 is 1.33 bits per heavy atom. The van der Waals surface area contributed by atoms with Crippen LogP contribution in [0.4, 0.5) is 14.5 Å². The largest absolute Gasteiger partial charge is 0.367 e. The maximum Gasteiger partial charge on any atom is 0.367 e. The van der Waals surface area contributed by atoms with E-state index in [4.69, 9.17) is 11.6 Å². The molecule has 0 bridgehead atoms. The van der Waals surface area contributed by atoms with E-state index in [0.29, 0.717) is 11.6 Å². The van der Waals surface area contributed by atoms with Gasteiger partial charge in [0.2, 0.25) is 0 Å². The molecule has 2 aromatic rings. The van der Waals surface area contributed by atoms with Gasteiger partial charge < -0.3 is 5.32 Å². The molecule has 1 aliphatic carbocycles. The van der Waals surface area contributed by atoms with E-state index in [2.05, 4.69) is 10.4 Å². The minimum atomic E-state index is -3.70. The number of anilines is 1. The van der Waals surface area contributed by atoms with Crippen LogP contribution in [0.1, 0.15) is 53.2 Å². The quantitative estimate of drug-likeness (QED) is 0.815. The standard InChI is InChI=1S/C17H18ClF2N3O/c1-23-10-13(15(22-23)17(18,19)20)16(24)21-14-9-5-4-8-12(14)11-6-2-3-7-11/h4-5,8-11H,2-3,6-7H2,1H3,(H,21,24). The van der Waals surface area contributed by atoms with Crippen LogP contribution in [-0.4, -0.2) is 15.7 Å². The first-order valence-electron chi connectivity index (χ1n) is 7.87. The zero-order valence-electron chi connectivity index (χ0n) is 13.2. The molecule has 1 amide bonds. The Hall–Kier alpha value is -1.95. The maximum absolute atomic E-state index is 13.5. The van der Waals surface area contributed by atoms with Gasteiger partial charge in [-0.05, 0) is 42.0 Å². The lowest BCUT2D eigenvalue weighted by Gasteiger charge is -2.16. The predicted molar refractivity (Wildman–Crippen MR) is 88.6 cm³/mol.